The van der Waals surface area contributed by atoms with Crippen molar-refractivity contribution in [3.63, 3.8) is 0 Å². The second-order valence-electron chi connectivity index (χ2n) is 5.14. The normalized spacial score (nSPS) is 18.1. The second kappa shape index (κ2) is 8.07. The van der Waals surface area contributed by atoms with Crippen molar-refractivity contribution in [2.75, 3.05) is 19.6 Å². The van der Waals surface area contributed by atoms with Gasteiger partial charge in [0.1, 0.15) is 5.56 Å². The predicted octanol–water partition coefficient (Wildman–Crippen LogP) is 1.22. The summed E-state index contributed by atoms with van der Waals surface area (Å²) in [6.45, 7) is 4.54. The minimum atomic E-state index is -0.322. The zero-order valence-corrected chi connectivity index (χ0v) is 12.5. The molecule has 112 valence electrons. The topological polar surface area (TPSA) is 74.0 Å². The molecule has 6 heteroatoms. The fraction of sp³-hybridized carbons (Fsp3) is 0.571. The minimum absolute atomic E-state index is 0. The number of hydrogen-bond acceptors (Lipinski definition) is 3. The van der Waals surface area contributed by atoms with E-state index in [2.05, 4.69) is 15.6 Å². The Morgan fingerprint density at radius 3 is 2.90 bits per heavy atom. The molecule has 1 aromatic heterocycles. The number of hydrogen-bond donors (Lipinski definition) is 3. The van der Waals surface area contributed by atoms with Gasteiger partial charge in [-0.2, -0.15) is 0 Å². The zero-order chi connectivity index (χ0) is 13.7. The van der Waals surface area contributed by atoms with Crippen LogP contribution in [-0.4, -0.2) is 30.5 Å². The van der Waals surface area contributed by atoms with Crippen LogP contribution < -0.4 is 16.2 Å². The minimum Gasteiger partial charge on any atom is -0.352 e. The maximum Gasteiger partial charge on any atom is 0.260 e. The number of carbonyl (C=O) groups is 1. The number of pyridine rings is 1. The monoisotopic (exact) mass is 299 g/mol. The van der Waals surface area contributed by atoms with Gasteiger partial charge in [0.15, 0.2) is 0 Å². The first-order chi connectivity index (χ1) is 9.16. The standard InChI is InChI=1S/C14H21N3O2.ClH/c1-10-4-5-12(14(19)17-10)13(18)16-8-6-11-3-2-7-15-9-11;/h4-5,11,15H,2-3,6-9H2,1H3,(H,16,18)(H,17,19);1H. The van der Waals surface area contributed by atoms with Crippen molar-refractivity contribution < 1.29 is 4.79 Å². The number of carbonyl (C=O) groups excluding carboxylic acids is 1. The number of aryl methyl sites for hydroxylation is 1. The lowest BCUT2D eigenvalue weighted by Gasteiger charge is -2.22. The molecule has 1 aromatic rings. The van der Waals surface area contributed by atoms with Gasteiger partial charge in [-0.05, 0) is 57.3 Å². The third-order valence-electron chi connectivity index (χ3n) is 3.54. The lowest BCUT2D eigenvalue weighted by Crippen LogP contribution is -2.34. The number of rotatable bonds is 4. The SMILES string of the molecule is Cc1ccc(C(=O)NCCC2CCCNC2)c(=O)[nH]1.Cl. The summed E-state index contributed by atoms with van der Waals surface area (Å²) in [7, 11) is 0. The molecule has 0 bridgehead atoms. The summed E-state index contributed by atoms with van der Waals surface area (Å²) in [5, 5.41) is 6.17. The molecule has 2 rings (SSSR count). The molecule has 1 aliphatic heterocycles. The van der Waals surface area contributed by atoms with Gasteiger partial charge in [-0.25, -0.2) is 0 Å². The Hall–Kier alpha value is -1.33. The number of piperidine rings is 1. The number of H-pyrrole nitrogens is 1. The fourth-order valence-electron chi connectivity index (χ4n) is 2.41. The Labute approximate surface area is 125 Å². The zero-order valence-electron chi connectivity index (χ0n) is 11.7. The van der Waals surface area contributed by atoms with E-state index in [0.29, 0.717) is 12.5 Å². The van der Waals surface area contributed by atoms with Crippen molar-refractivity contribution in [1.29, 1.82) is 0 Å². The van der Waals surface area contributed by atoms with Crippen LogP contribution in [0.3, 0.4) is 0 Å². The summed E-state index contributed by atoms with van der Waals surface area (Å²) in [5.74, 6) is 0.343. The molecule has 0 spiro atoms. The van der Waals surface area contributed by atoms with E-state index >= 15 is 0 Å². The summed E-state index contributed by atoms with van der Waals surface area (Å²) in [6.07, 6.45) is 3.38. The van der Waals surface area contributed by atoms with Gasteiger partial charge >= 0.3 is 0 Å². The predicted molar refractivity (Wildman–Crippen MR) is 81.6 cm³/mol. The van der Waals surface area contributed by atoms with Crippen LogP contribution in [-0.2, 0) is 0 Å². The van der Waals surface area contributed by atoms with Crippen molar-refractivity contribution in [1.82, 2.24) is 15.6 Å². The summed E-state index contributed by atoms with van der Waals surface area (Å²) in [5.41, 5.74) is 0.624. The highest BCUT2D eigenvalue weighted by Crippen LogP contribution is 2.12. The molecule has 0 saturated carbocycles. The van der Waals surface area contributed by atoms with Crippen LogP contribution in [0.4, 0.5) is 0 Å². The molecule has 0 aliphatic carbocycles. The van der Waals surface area contributed by atoms with Crippen LogP contribution in [0.25, 0.3) is 0 Å². The van der Waals surface area contributed by atoms with Gasteiger partial charge in [-0.15, -0.1) is 12.4 Å². The average molecular weight is 300 g/mol. The molecule has 1 saturated heterocycles. The quantitative estimate of drug-likeness (QED) is 0.783. The number of halogens is 1. The van der Waals surface area contributed by atoms with Gasteiger partial charge in [0, 0.05) is 12.2 Å². The molecular formula is C14H22ClN3O2. The van der Waals surface area contributed by atoms with E-state index < -0.39 is 0 Å². The summed E-state index contributed by atoms with van der Waals surface area (Å²) >= 11 is 0. The number of nitrogens with one attached hydrogen (secondary N) is 3. The van der Waals surface area contributed by atoms with Crippen LogP contribution >= 0.6 is 12.4 Å². The third-order valence-corrected chi connectivity index (χ3v) is 3.54. The van der Waals surface area contributed by atoms with Gasteiger partial charge in [0.2, 0.25) is 0 Å². The molecule has 1 fully saturated rings. The van der Waals surface area contributed by atoms with E-state index in [9.17, 15) is 9.59 Å². The molecule has 0 aromatic carbocycles. The van der Waals surface area contributed by atoms with Crippen LogP contribution in [0.5, 0.6) is 0 Å². The Balaban J connectivity index is 0.00000200. The first-order valence-electron chi connectivity index (χ1n) is 6.85. The highest BCUT2D eigenvalue weighted by atomic mass is 35.5. The Kier molecular flexibility index (Phi) is 6.75. The lowest BCUT2D eigenvalue weighted by atomic mass is 9.96. The van der Waals surface area contributed by atoms with E-state index in [1.54, 1.807) is 19.1 Å². The van der Waals surface area contributed by atoms with Crippen LogP contribution in [0, 0.1) is 12.8 Å². The Morgan fingerprint density at radius 2 is 2.25 bits per heavy atom. The highest BCUT2D eigenvalue weighted by Gasteiger charge is 2.14. The molecule has 2 heterocycles. The maximum absolute atomic E-state index is 11.9. The Morgan fingerprint density at radius 1 is 1.45 bits per heavy atom. The Bertz CT molecular complexity index is 495. The van der Waals surface area contributed by atoms with Crippen molar-refractivity contribution in [3.8, 4) is 0 Å². The maximum atomic E-state index is 11.9. The molecule has 1 atom stereocenters. The van der Waals surface area contributed by atoms with Gasteiger partial charge in [-0.1, -0.05) is 0 Å². The molecule has 3 N–H and O–H groups in total. The van der Waals surface area contributed by atoms with E-state index in [1.807, 2.05) is 0 Å². The number of aromatic amines is 1. The molecule has 1 amide bonds. The molecular weight excluding hydrogens is 278 g/mol. The van der Waals surface area contributed by atoms with Gasteiger partial charge in [-0.3, -0.25) is 9.59 Å². The summed E-state index contributed by atoms with van der Waals surface area (Å²) in [4.78, 5) is 26.1. The van der Waals surface area contributed by atoms with Crippen LogP contribution in [0.15, 0.2) is 16.9 Å². The fourth-order valence-corrected chi connectivity index (χ4v) is 2.41. The number of amides is 1. The van der Waals surface area contributed by atoms with Gasteiger partial charge in [0.05, 0.1) is 0 Å². The molecule has 5 nitrogen and oxygen atoms in total. The van der Waals surface area contributed by atoms with Crippen LogP contribution in [0.1, 0.15) is 35.3 Å². The second-order valence-corrected chi connectivity index (χ2v) is 5.14. The smallest absolute Gasteiger partial charge is 0.260 e. The van der Waals surface area contributed by atoms with Crippen molar-refractivity contribution in [3.05, 3.63) is 33.7 Å². The molecule has 0 radical (unpaired) electrons. The molecule has 1 aliphatic rings. The summed E-state index contributed by atoms with van der Waals surface area (Å²) < 4.78 is 0. The van der Waals surface area contributed by atoms with Crippen molar-refractivity contribution in [2.24, 2.45) is 5.92 Å². The van der Waals surface area contributed by atoms with E-state index in [4.69, 9.17) is 0 Å². The van der Waals surface area contributed by atoms with Gasteiger partial charge in [0.25, 0.3) is 11.5 Å². The molecule has 20 heavy (non-hydrogen) atoms. The van der Waals surface area contributed by atoms with Gasteiger partial charge < -0.3 is 15.6 Å². The first kappa shape index (κ1) is 16.7. The van der Waals surface area contributed by atoms with Crippen molar-refractivity contribution in [2.45, 2.75) is 26.2 Å². The number of aromatic nitrogens is 1. The average Bonchev–Trinajstić information content (AvgIpc) is 2.39. The van der Waals surface area contributed by atoms with E-state index in [0.717, 1.165) is 25.2 Å². The molecule has 1 unspecified atom stereocenters. The van der Waals surface area contributed by atoms with Crippen LogP contribution in [0.2, 0.25) is 0 Å². The van der Waals surface area contributed by atoms with E-state index in [-0.39, 0.29) is 29.4 Å². The highest BCUT2D eigenvalue weighted by molar-refractivity contribution is 5.93. The summed E-state index contributed by atoms with van der Waals surface area (Å²) in [6, 6.07) is 3.31. The lowest BCUT2D eigenvalue weighted by molar-refractivity contribution is 0.0949. The van der Waals surface area contributed by atoms with Crippen molar-refractivity contribution >= 4 is 18.3 Å². The van der Waals surface area contributed by atoms with E-state index in [1.165, 1.54) is 12.8 Å². The first-order valence-corrected chi connectivity index (χ1v) is 6.85. The largest absolute Gasteiger partial charge is 0.352 e. The third kappa shape index (κ3) is 4.65.